The number of hydrogen-bond acceptors (Lipinski definition) is 1. The van der Waals surface area contributed by atoms with Crippen LogP contribution >= 0.6 is 0 Å². The van der Waals surface area contributed by atoms with Crippen LogP contribution in [0.5, 0.6) is 0 Å². The Labute approximate surface area is 203 Å². The summed E-state index contributed by atoms with van der Waals surface area (Å²) in [6.45, 7) is 15.7. The Balaban J connectivity index is 1.81. The molecule has 0 amide bonds. The Morgan fingerprint density at radius 2 is 1.29 bits per heavy atom. The summed E-state index contributed by atoms with van der Waals surface area (Å²) in [7, 11) is 0. The lowest BCUT2D eigenvalue weighted by Gasteiger charge is -2.22. The maximum Gasteiger partial charge on any atom is 0.0867 e. The highest BCUT2D eigenvalue weighted by atomic mass is 14.8. The number of aromatic amines is 1. The molecule has 0 saturated carbocycles. The number of nitrogens with one attached hydrogen (secondary N) is 1. The van der Waals surface area contributed by atoms with Gasteiger partial charge in [-0.05, 0) is 86.8 Å². The van der Waals surface area contributed by atoms with E-state index in [0.29, 0.717) is 0 Å². The van der Waals surface area contributed by atoms with Crippen LogP contribution in [0, 0.1) is 6.92 Å². The van der Waals surface area contributed by atoms with Crippen molar-refractivity contribution in [2.45, 2.75) is 59.3 Å². The number of rotatable bonds is 2. The van der Waals surface area contributed by atoms with Gasteiger partial charge in [-0.3, -0.25) is 4.98 Å². The summed E-state index contributed by atoms with van der Waals surface area (Å²) < 4.78 is 0. The average molecular weight is 447 g/mol. The Hall–Kier alpha value is -3.39. The lowest BCUT2D eigenvalue weighted by molar-refractivity contribution is 0.590. The van der Waals surface area contributed by atoms with Crippen molar-refractivity contribution in [1.82, 2.24) is 9.97 Å². The van der Waals surface area contributed by atoms with Gasteiger partial charge >= 0.3 is 0 Å². The van der Waals surface area contributed by atoms with Gasteiger partial charge in [0.05, 0.1) is 11.4 Å². The fraction of sp³-hybridized carbons (Fsp3) is 0.281. The molecule has 0 spiro atoms. The van der Waals surface area contributed by atoms with E-state index in [2.05, 4.69) is 113 Å². The highest BCUT2D eigenvalue weighted by Gasteiger charge is 2.19. The van der Waals surface area contributed by atoms with Crippen LogP contribution in [0.2, 0.25) is 0 Å². The SMILES string of the molecule is Cc1cccc(-c2ccc(-c3c4ccc(C(C)(C)C)cc4cc4ccc(C(C)(C)C)cc34)[nH]2)n1. The topological polar surface area (TPSA) is 28.7 Å². The van der Waals surface area contributed by atoms with Gasteiger partial charge in [-0.2, -0.15) is 0 Å². The summed E-state index contributed by atoms with van der Waals surface area (Å²) in [4.78, 5) is 8.43. The number of fused-ring (bicyclic) bond motifs is 2. The number of benzene rings is 3. The lowest BCUT2D eigenvalue weighted by atomic mass is 9.82. The van der Waals surface area contributed by atoms with E-state index in [0.717, 1.165) is 22.8 Å². The van der Waals surface area contributed by atoms with Gasteiger partial charge in [-0.15, -0.1) is 0 Å². The number of H-pyrrole nitrogens is 1. The molecule has 5 rings (SSSR count). The molecule has 34 heavy (non-hydrogen) atoms. The van der Waals surface area contributed by atoms with Crippen LogP contribution in [0.4, 0.5) is 0 Å². The van der Waals surface area contributed by atoms with Crippen molar-refractivity contribution in [2.75, 3.05) is 0 Å². The molecule has 2 nitrogen and oxygen atoms in total. The third-order valence-electron chi connectivity index (χ3n) is 6.81. The van der Waals surface area contributed by atoms with Crippen LogP contribution in [-0.2, 0) is 10.8 Å². The molecule has 0 unspecified atom stereocenters. The van der Waals surface area contributed by atoms with Crippen molar-refractivity contribution in [3.63, 3.8) is 0 Å². The van der Waals surface area contributed by atoms with Crippen LogP contribution in [0.15, 0.2) is 72.8 Å². The van der Waals surface area contributed by atoms with E-state index in [1.807, 2.05) is 13.0 Å². The molecule has 2 heterocycles. The largest absolute Gasteiger partial charge is 0.353 e. The van der Waals surface area contributed by atoms with Crippen LogP contribution in [-0.4, -0.2) is 9.97 Å². The molecule has 0 saturated heterocycles. The highest BCUT2D eigenvalue weighted by molar-refractivity contribution is 6.12. The van der Waals surface area contributed by atoms with Gasteiger partial charge in [-0.25, -0.2) is 0 Å². The van der Waals surface area contributed by atoms with Gasteiger partial charge in [0.1, 0.15) is 0 Å². The Bertz CT molecular complexity index is 1520. The summed E-state index contributed by atoms with van der Waals surface area (Å²) in [5, 5.41) is 5.11. The van der Waals surface area contributed by atoms with Gasteiger partial charge in [0.2, 0.25) is 0 Å². The second-order valence-electron chi connectivity index (χ2n) is 11.6. The maximum atomic E-state index is 4.73. The van der Waals surface area contributed by atoms with Crippen molar-refractivity contribution in [3.05, 3.63) is 89.6 Å². The standard InChI is InChI=1S/C32H34N2/c1-20-9-8-10-27(33-20)28-15-16-29(34-28)30-25-14-13-23(31(2,3)4)18-22(25)17-21-11-12-24(19-26(21)30)32(5,6)7/h8-19,34H,1-7H3. The molecular weight excluding hydrogens is 412 g/mol. The summed E-state index contributed by atoms with van der Waals surface area (Å²) in [5.74, 6) is 0. The summed E-state index contributed by atoms with van der Waals surface area (Å²) in [6.07, 6.45) is 0. The minimum atomic E-state index is 0.0862. The van der Waals surface area contributed by atoms with Gasteiger partial charge in [-0.1, -0.05) is 77.9 Å². The minimum absolute atomic E-state index is 0.0862. The number of hydrogen-bond donors (Lipinski definition) is 1. The molecule has 172 valence electrons. The van der Waals surface area contributed by atoms with Gasteiger partial charge in [0, 0.05) is 17.0 Å². The summed E-state index contributed by atoms with van der Waals surface area (Å²) in [6, 6.07) is 26.8. The van der Waals surface area contributed by atoms with E-state index < -0.39 is 0 Å². The van der Waals surface area contributed by atoms with E-state index >= 15 is 0 Å². The zero-order chi connectivity index (χ0) is 24.3. The quantitative estimate of drug-likeness (QED) is 0.269. The molecule has 1 N–H and O–H groups in total. The Morgan fingerprint density at radius 1 is 0.618 bits per heavy atom. The Morgan fingerprint density at radius 3 is 2.00 bits per heavy atom. The van der Waals surface area contributed by atoms with Crippen molar-refractivity contribution in [2.24, 2.45) is 0 Å². The smallest absolute Gasteiger partial charge is 0.0867 e. The van der Waals surface area contributed by atoms with Crippen molar-refractivity contribution in [1.29, 1.82) is 0 Å². The van der Waals surface area contributed by atoms with E-state index in [-0.39, 0.29) is 10.8 Å². The molecule has 0 fully saturated rings. The second kappa shape index (κ2) is 7.84. The first-order valence-electron chi connectivity index (χ1n) is 12.2. The third kappa shape index (κ3) is 4.03. The fourth-order valence-electron chi connectivity index (χ4n) is 4.73. The third-order valence-corrected chi connectivity index (χ3v) is 6.81. The summed E-state index contributed by atoms with van der Waals surface area (Å²) >= 11 is 0. The maximum absolute atomic E-state index is 4.73. The molecule has 0 atom stereocenters. The number of aromatic nitrogens is 2. The zero-order valence-electron chi connectivity index (χ0n) is 21.4. The van der Waals surface area contributed by atoms with Crippen LogP contribution < -0.4 is 0 Å². The van der Waals surface area contributed by atoms with Crippen LogP contribution in [0.25, 0.3) is 44.2 Å². The predicted octanol–water partition coefficient (Wildman–Crippen LogP) is 8.95. The number of pyridine rings is 1. The first kappa shape index (κ1) is 22.4. The first-order valence-corrected chi connectivity index (χ1v) is 12.2. The molecule has 0 aliphatic carbocycles. The number of aryl methyl sites for hydroxylation is 1. The first-order chi connectivity index (χ1) is 16.0. The summed E-state index contributed by atoms with van der Waals surface area (Å²) in [5.41, 5.74) is 8.32. The average Bonchev–Trinajstić information content (AvgIpc) is 3.25. The predicted molar refractivity (Wildman–Crippen MR) is 147 cm³/mol. The van der Waals surface area contributed by atoms with E-state index in [9.17, 15) is 0 Å². The van der Waals surface area contributed by atoms with Crippen LogP contribution in [0.1, 0.15) is 58.4 Å². The van der Waals surface area contributed by atoms with E-state index in [1.165, 1.54) is 38.2 Å². The molecule has 0 aliphatic heterocycles. The molecule has 0 bridgehead atoms. The minimum Gasteiger partial charge on any atom is -0.353 e. The molecular formula is C32H34N2. The Kier molecular flexibility index (Phi) is 5.16. The molecule has 5 aromatic rings. The fourth-order valence-corrected chi connectivity index (χ4v) is 4.73. The highest BCUT2D eigenvalue weighted by Crippen LogP contribution is 2.40. The lowest BCUT2D eigenvalue weighted by Crippen LogP contribution is -2.11. The van der Waals surface area contributed by atoms with Crippen molar-refractivity contribution < 1.29 is 0 Å². The van der Waals surface area contributed by atoms with Gasteiger partial charge in [0.15, 0.2) is 0 Å². The molecule has 0 radical (unpaired) electrons. The van der Waals surface area contributed by atoms with Crippen molar-refractivity contribution in [3.8, 4) is 22.6 Å². The second-order valence-corrected chi connectivity index (χ2v) is 11.6. The molecule has 0 aliphatic rings. The van der Waals surface area contributed by atoms with Crippen molar-refractivity contribution >= 4 is 21.5 Å². The molecule has 3 aromatic carbocycles. The van der Waals surface area contributed by atoms with Gasteiger partial charge < -0.3 is 4.98 Å². The van der Waals surface area contributed by atoms with Gasteiger partial charge in [0.25, 0.3) is 0 Å². The van der Waals surface area contributed by atoms with E-state index in [1.54, 1.807) is 0 Å². The van der Waals surface area contributed by atoms with E-state index in [4.69, 9.17) is 4.98 Å². The van der Waals surface area contributed by atoms with Crippen LogP contribution in [0.3, 0.4) is 0 Å². The monoisotopic (exact) mass is 446 g/mol. The zero-order valence-corrected chi connectivity index (χ0v) is 21.4. The molecule has 2 heteroatoms. The molecule has 2 aromatic heterocycles. The normalized spacial score (nSPS) is 12.6. The number of nitrogens with zero attached hydrogens (tertiary/aromatic N) is 1.